The van der Waals surface area contributed by atoms with E-state index in [-0.39, 0.29) is 30.3 Å². The Morgan fingerprint density at radius 2 is 1.90 bits per heavy atom. The highest BCUT2D eigenvalue weighted by molar-refractivity contribution is 5.85. The molecule has 5 heteroatoms. The first-order chi connectivity index (χ1) is 9.11. The molecule has 0 aliphatic carbocycles. The molecule has 2 unspecified atom stereocenters. The largest absolute Gasteiger partial charge is 0.383 e. The van der Waals surface area contributed by atoms with E-state index in [1.54, 1.807) is 7.11 Å². The standard InChI is InChI=1S/C15H24N2O2.ClH/c1-12(11-16)15(18)17(9-10-19-3)13(2)14-7-5-4-6-8-14;/h4-8,12-13H,9-11,16H2,1-3H3;1H. The predicted octanol–water partition coefficient (Wildman–Crippen LogP) is 2.24. The summed E-state index contributed by atoms with van der Waals surface area (Å²) in [6.45, 7) is 5.37. The summed E-state index contributed by atoms with van der Waals surface area (Å²) in [7, 11) is 1.64. The third-order valence-electron chi connectivity index (χ3n) is 3.34. The van der Waals surface area contributed by atoms with Crippen LogP contribution in [0.25, 0.3) is 0 Å². The molecule has 2 N–H and O–H groups in total. The van der Waals surface area contributed by atoms with E-state index in [9.17, 15) is 4.79 Å². The molecule has 2 atom stereocenters. The fraction of sp³-hybridized carbons (Fsp3) is 0.533. The van der Waals surface area contributed by atoms with Gasteiger partial charge >= 0.3 is 0 Å². The number of methoxy groups -OCH3 is 1. The maximum Gasteiger partial charge on any atom is 0.227 e. The van der Waals surface area contributed by atoms with Crippen LogP contribution in [0.5, 0.6) is 0 Å². The maximum absolute atomic E-state index is 12.4. The summed E-state index contributed by atoms with van der Waals surface area (Å²) in [6, 6.07) is 10.0. The minimum Gasteiger partial charge on any atom is -0.383 e. The van der Waals surface area contributed by atoms with Crippen molar-refractivity contribution in [2.24, 2.45) is 11.7 Å². The zero-order chi connectivity index (χ0) is 14.3. The van der Waals surface area contributed by atoms with Crippen molar-refractivity contribution in [1.82, 2.24) is 4.90 Å². The lowest BCUT2D eigenvalue weighted by Gasteiger charge is -2.31. The van der Waals surface area contributed by atoms with Crippen LogP contribution < -0.4 is 5.73 Å². The van der Waals surface area contributed by atoms with Crippen molar-refractivity contribution in [2.45, 2.75) is 19.9 Å². The van der Waals surface area contributed by atoms with Crippen molar-refractivity contribution in [1.29, 1.82) is 0 Å². The monoisotopic (exact) mass is 300 g/mol. The minimum atomic E-state index is -0.164. The van der Waals surface area contributed by atoms with Crippen LogP contribution in [-0.4, -0.2) is 37.6 Å². The maximum atomic E-state index is 12.4. The summed E-state index contributed by atoms with van der Waals surface area (Å²) in [5, 5.41) is 0. The van der Waals surface area contributed by atoms with E-state index in [1.165, 1.54) is 0 Å². The van der Waals surface area contributed by atoms with E-state index in [0.29, 0.717) is 19.7 Å². The summed E-state index contributed by atoms with van der Waals surface area (Å²) >= 11 is 0. The summed E-state index contributed by atoms with van der Waals surface area (Å²) < 4.78 is 5.10. The Balaban J connectivity index is 0.00000361. The highest BCUT2D eigenvalue weighted by Crippen LogP contribution is 2.21. The van der Waals surface area contributed by atoms with Gasteiger partial charge in [0.25, 0.3) is 0 Å². The van der Waals surface area contributed by atoms with Crippen LogP contribution in [0.4, 0.5) is 0 Å². The van der Waals surface area contributed by atoms with Crippen molar-refractivity contribution in [3.8, 4) is 0 Å². The minimum absolute atomic E-state index is 0. The molecule has 0 aromatic heterocycles. The van der Waals surface area contributed by atoms with Crippen molar-refractivity contribution < 1.29 is 9.53 Å². The van der Waals surface area contributed by atoms with Gasteiger partial charge in [-0.1, -0.05) is 37.3 Å². The molecule has 1 aromatic carbocycles. The molecule has 0 aliphatic rings. The second-order valence-corrected chi connectivity index (χ2v) is 4.75. The number of hydrogen-bond acceptors (Lipinski definition) is 3. The Bertz CT molecular complexity index is 387. The van der Waals surface area contributed by atoms with Gasteiger partial charge in [-0.25, -0.2) is 0 Å². The molecule has 1 amide bonds. The number of carbonyl (C=O) groups is 1. The molecular weight excluding hydrogens is 276 g/mol. The highest BCUT2D eigenvalue weighted by atomic mass is 35.5. The number of nitrogens with zero attached hydrogens (tertiary/aromatic N) is 1. The zero-order valence-electron chi connectivity index (χ0n) is 12.4. The molecule has 0 fully saturated rings. The van der Waals surface area contributed by atoms with Crippen molar-refractivity contribution in [3.05, 3.63) is 35.9 Å². The van der Waals surface area contributed by atoms with Gasteiger partial charge < -0.3 is 15.4 Å². The molecule has 0 heterocycles. The Hall–Kier alpha value is -1.10. The molecule has 20 heavy (non-hydrogen) atoms. The van der Waals surface area contributed by atoms with Crippen LogP contribution in [0.15, 0.2) is 30.3 Å². The predicted molar refractivity (Wildman–Crippen MR) is 83.9 cm³/mol. The van der Waals surface area contributed by atoms with E-state index in [0.717, 1.165) is 5.56 Å². The van der Waals surface area contributed by atoms with Gasteiger partial charge in [-0.2, -0.15) is 0 Å². The highest BCUT2D eigenvalue weighted by Gasteiger charge is 2.24. The lowest BCUT2D eigenvalue weighted by molar-refractivity contribution is -0.137. The number of rotatable bonds is 7. The van der Waals surface area contributed by atoms with Crippen LogP contribution in [0.2, 0.25) is 0 Å². The van der Waals surface area contributed by atoms with Crippen molar-refractivity contribution in [2.75, 3.05) is 26.8 Å². The van der Waals surface area contributed by atoms with E-state index in [1.807, 2.05) is 49.1 Å². The SMILES string of the molecule is COCCN(C(=O)C(C)CN)C(C)c1ccccc1.Cl. The van der Waals surface area contributed by atoms with Crippen LogP contribution in [-0.2, 0) is 9.53 Å². The van der Waals surface area contributed by atoms with Gasteiger partial charge in [0.05, 0.1) is 12.6 Å². The first kappa shape index (κ1) is 18.9. The van der Waals surface area contributed by atoms with Gasteiger partial charge in [-0.05, 0) is 12.5 Å². The summed E-state index contributed by atoms with van der Waals surface area (Å²) in [5.74, 6) is -0.0843. The number of hydrogen-bond donors (Lipinski definition) is 1. The number of nitrogens with two attached hydrogens (primary N) is 1. The van der Waals surface area contributed by atoms with Gasteiger partial charge in [0.15, 0.2) is 0 Å². The smallest absolute Gasteiger partial charge is 0.227 e. The van der Waals surface area contributed by atoms with Gasteiger partial charge in [0.2, 0.25) is 5.91 Å². The Morgan fingerprint density at radius 1 is 1.30 bits per heavy atom. The average Bonchev–Trinajstić information content (AvgIpc) is 2.47. The fourth-order valence-corrected chi connectivity index (χ4v) is 1.98. The first-order valence-corrected chi connectivity index (χ1v) is 6.66. The normalized spacial score (nSPS) is 13.2. The quantitative estimate of drug-likeness (QED) is 0.840. The van der Waals surface area contributed by atoms with Gasteiger partial charge in [-0.15, -0.1) is 12.4 Å². The Kier molecular flexibility index (Phi) is 9.21. The molecule has 1 rings (SSSR count). The molecule has 4 nitrogen and oxygen atoms in total. The van der Waals surface area contributed by atoms with Gasteiger partial charge in [0, 0.05) is 26.1 Å². The number of ether oxygens (including phenoxy) is 1. The molecule has 1 aromatic rings. The third-order valence-corrected chi connectivity index (χ3v) is 3.34. The molecule has 114 valence electrons. The molecule has 0 aliphatic heterocycles. The van der Waals surface area contributed by atoms with Crippen LogP contribution in [0.3, 0.4) is 0 Å². The second kappa shape index (κ2) is 9.75. The van der Waals surface area contributed by atoms with Crippen molar-refractivity contribution >= 4 is 18.3 Å². The lowest BCUT2D eigenvalue weighted by atomic mass is 10.0. The summed E-state index contributed by atoms with van der Waals surface area (Å²) in [5.41, 5.74) is 6.72. The van der Waals surface area contributed by atoms with Crippen molar-refractivity contribution in [3.63, 3.8) is 0 Å². The Morgan fingerprint density at radius 3 is 2.40 bits per heavy atom. The molecule has 0 saturated heterocycles. The van der Waals surface area contributed by atoms with Crippen LogP contribution in [0.1, 0.15) is 25.5 Å². The number of benzene rings is 1. The molecule has 0 bridgehead atoms. The van der Waals surface area contributed by atoms with E-state index < -0.39 is 0 Å². The third kappa shape index (κ3) is 5.12. The summed E-state index contributed by atoms with van der Waals surface area (Å²) in [6.07, 6.45) is 0. The summed E-state index contributed by atoms with van der Waals surface area (Å²) in [4.78, 5) is 14.2. The topological polar surface area (TPSA) is 55.6 Å². The van der Waals surface area contributed by atoms with Gasteiger partial charge in [-0.3, -0.25) is 4.79 Å². The molecule has 0 saturated carbocycles. The van der Waals surface area contributed by atoms with Gasteiger partial charge in [0.1, 0.15) is 0 Å². The zero-order valence-corrected chi connectivity index (χ0v) is 13.2. The number of amides is 1. The Labute approximate surface area is 127 Å². The second-order valence-electron chi connectivity index (χ2n) is 4.75. The van der Waals surface area contributed by atoms with Crippen LogP contribution in [0, 0.1) is 5.92 Å². The molecule has 0 radical (unpaired) electrons. The molecule has 0 spiro atoms. The first-order valence-electron chi connectivity index (χ1n) is 6.66. The fourth-order valence-electron chi connectivity index (χ4n) is 1.98. The average molecular weight is 301 g/mol. The van der Waals surface area contributed by atoms with E-state index in [4.69, 9.17) is 10.5 Å². The lowest BCUT2D eigenvalue weighted by Crippen LogP contribution is -2.41. The van der Waals surface area contributed by atoms with Crippen LogP contribution >= 0.6 is 12.4 Å². The van der Waals surface area contributed by atoms with E-state index in [2.05, 4.69) is 0 Å². The van der Waals surface area contributed by atoms with E-state index >= 15 is 0 Å². The number of carbonyl (C=O) groups excluding carboxylic acids is 1. The number of halogens is 1. The molecular formula is C15H25ClN2O2.